The van der Waals surface area contributed by atoms with Crippen molar-refractivity contribution in [2.45, 2.75) is 20.3 Å². The number of fused-ring (bicyclic) bond motifs is 2. The van der Waals surface area contributed by atoms with Crippen LogP contribution in [0.1, 0.15) is 22.3 Å². The van der Waals surface area contributed by atoms with Crippen molar-refractivity contribution in [2.75, 3.05) is 7.11 Å². The SMILES string of the molecule is COc1ccc(-c2coc3c(C)c4oc(=O)c(Cc5ccccc5)c(C)c4cc23)cc1. The van der Waals surface area contributed by atoms with Gasteiger partial charge in [-0.05, 0) is 48.7 Å². The molecule has 0 aliphatic carbocycles. The molecule has 3 aromatic carbocycles. The Morgan fingerprint density at radius 1 is 0.871 bits per heavy atom. The molecule has 4 heteroatoms. The highest BCUT2D eigenvalue weighted by atomic mass is 16.5. The largest absolute Gasteiger partial charge is 0.497 e. The van der Waals surface area contributed by atoms with Crippen LogP contribution in [0.3, 0.4) is 0 Å². The van der Waals surface area contributed by atoms with E-state index in [2.05, 4.69) is 6.07 Å². The van der Waals surface area contributed by atoms with Crippen LogP contribution in [0.5, 0.6) is 5.75 Å². The second-order valence-corrected chi connectivity index (χ2v) is 7.79. The Morgan fingerprint density at radius 2 is 1.61 bits per heavy atom. The highest BCUT2D eigenvalue weighted by Gasteiger charge is 2.19. The van der Waals surface area contributed by atoms with Crippen LogP contribution in [-0.2, 0) is 6.42 Å². The van der Waals surface area contributed by atoms with Crippen LogP contribution < -0.4 is 10.4 Å². The van der Waals surface area contributed by atoms with Crippen molar-refractivity contribution in [3.05, 3.63) is 99.6 Å². The number of rotatable bonds is 4. The molecule has 154 valence electrons. The lowest BCUT2D eigenvalue weighted by molar-refractivity contribution is 0.415. The van der Waals surface area contributed by atoms with Gasteiger partial charge in [0.25, 0.3) is 0 Å². The van der Waals surface area contributed by atoms with E-state index in [4.69, 9.17) is 13.6 Å². The van der Waals surface area contributed by atoms with E-state index >= 15 is 0 Å². The fraction of sp³-hybridized carbons (Fsp3) is 0.148. The van der Waals surface area contributed by atoms with Gasteiger partial charge in [0.05, 0.1) is 13.4 Å². The van der Waals surface area contributed by atoms with Gasteiger partial charge in [-0.1, -0.05) is 42.5 Å². The maximum absolute atomic E-state index is 12.8. The van der Waals surface area contributed by atoms with E-state index in [1.165, 1.54) is 0 Å². The van der Waals surface area contributed by atoms with Crippen molar-refractivity contribution >= 4 is 21.9 Å². The molecule has 0 unspecified atom stereocenters. The number of hydrogen-bond donors (Lipinski definition) is 0. The van der Waals surface area contributed by atoms with Crippen molar-refractivity contribution in [1.82, 2.24) is 0 Å². The average molecular weight is 410 g/mol. The molecule has 5 rings (SSSR count). The van der Waals surface area contributed by atoms with Crippen molar-refractivity contribution in [2.24, 2.45) is 0 Å². The van der Waals surface area contributed by atoms with Crippen LogP contribution in [-0.4, -0.2) is 7.11 Å². The molecule has 0 saturated carbocycles. The molecule has 2 aromatic heterocycles. The fourth-order valence-electron chi connectivity index (χ4n) is 4.19. The molecule has 0 amide bonds. The molecule has 4 nitrogen and oxygen atoms in total. The van der Waals surface area contributed by atoms with Gasteiger partial charge >= 0.3 is 5.63 Å². The molecule has 0 bridgehead atoms. The van der Waals surface area contributed by atoms with Crippen molar-refractivity contribution in [3.63, 3.8) is 0 Å². The van der Waals surface area contributed by atoms with Crippen LogP contribution in [0.25, 0.3) is 33.1 Å². The molecule has 31 heavy (non-hydrogen) atoms. The lowest BCUT2D eigenvalue weighted by Gasteiger charge is -2.10. The van der Waals surface area contributed by atoms with Crippen molar-refractivity contribution in [3.8, 4) is 16.9 Å². The Balaban J connectivity index is 1.72. The van der Waals surface area contributed by atoms with Gasteiger partial charge in [-0.3, -0.25) is 0 Å². The molecule has 0 spiro atoms. The minimum absolute atomic E-state index is 0.293. The summed E-state index contributed by atoms with van der Waals surface area (Å²) < 4.78 is 17.0. The first-order valence-corrected chi connectivity index (χ1v) is 10.2. The Hall–Kier alpha value is -3.79. The third kappa shape index (κ3) is 3.21. The molecule has 0 saturated heterocycles. The average Bonchev–Trinajstić information content (AvgIpc) is 3.23. The van der Waals surface area contributed by atoms with Crippen LogP contribution in [0.2, 0.25) is 0 Å². The smallest absolute Gasteiger partial charge is 0.340 e. The van der Waals surface area contributed by atoms with Gasteiger partial charge in [-0.25, -0.2) is 4.79 Å². The van der Waals surface area contributed by atoms with Crippen molar-refractivity contribution in [1.29, 1.82) is 0 Å². The van der Waals surface area contributed by atoms with Gasteiger partial charge in [0.2, 0.25) is 0 Å². The minimum Gasteiger partial charge on any atom is -0.497 e. The third-order valence-electron chi connectivity index (χ3n) is 5.97. The quantitative estimate of drug-likeness (QED) is 0.321. The third-order valence-corrected chi connectivity index (χ3v) is 5.97. The maximum Gasteiger partial charge on any atom is 0.340 e. The molecule has 0 atom stereocenters. The van der Waals surface area contributed by atoms with Crippen LogP contribution in [0.4, 0.5) is 0 Å². The molecule has 0 radical (unpaired) electrons. The molecule has 0 aliphatic heterocycles. The Morgan fingerprint density at radius 3 is 2.32 bits per heavy atom. The summed E-state index contributed by atoms with van der Waals surface area (Å²) in [6, 6.07) is 20.0. The normalized spacial score (nSPS) is 11.3. The van der Waals surface area contributed by atoms with Crippen molar-refractivity contribution < 1.29 is 13.6 Å². The summed E-state index contributed by atoms with van der Waals surface area (Å²) in [6.45, 7) is 3.93. The summed E-state index contributed by atoms with van der Waals surface area (Å²) in [6.07, 6.45) is 2.30. The zero-order chi connectivity index (χ0) is 21.5. The first kappa shape index (κ1) is 19.2. The van der Waals surface area contributed by atoms with Gasteiger partial charge in [0.15, 0.2) is 0 Å². The number of hydrogen-bond acceptors (Lipinski definition) is 4. The van der Waals surface area contributed by atoms with E-state index in [1.807, 2.05) is 68.4 Å². The summed E-state index contributed by atoms with van der Waals surface area (Å²) in [4.78, 5) is 12.8. The van der Waals surface area contributed by atoms with E-state index in [0.717, 1.165) is 49.9 Å². The molecule has 0 N–H and O–H groups in total. The number of furan rings is 1. The zero-order valence-electron chi connectivity index (χ0n) is 17.7. The number of methoxy groups -OCH3 is 1. The maximum atomic E-state index is 12.8. The molecular weight excluding hydrogens is 388 g/mol. The first-order chi connectivity index (χ1) is 15.1. The van der Waals surface area contributed by atoms with Crippen LogP contribution in [0.15, 0.2) is 80.6 Å². The van der Waals surface area contributed by atoms with Gasteiger partial charge in [0.1, 0.15) is 16.9 Å². The van der Waals surface area contributed by atoms with Gasteiger partial charge < -0.3 is 13.6 Å². The van der Waals surface area contributed by atoms with E-state index in [9.17, 15) is 4.79 Å². The lowest BCUT2D eigenvalue weighted by Crippen LogP contribution is -2.11. The van der Waals surface area contributed by atoms with Gasteiger partial charge in [-0.15, -0.1) is 0 Å². The van der Waals surface area contributed by atoms with Crippen LogP contribution >= 0.6 is 0 Å². The monoisotopic (exact) mass is 410 g/mol. The summed E-state index contributed by atoms with van der Waals surface area (Å²) in [7, 11) is 1.65. The van der Waals surface area contributed by atoms with E-state index in [-0.39, 0.29) is 5.63 Å². The predicted octanol–water partition coefficient (Wildman–Crippen LogP) is 6.42. The zero-order valence-corrected chi connectivity index (χ0v) is 17.7. The highest BCUT2D eigenvalue weighted by molar-refractivity contribution is 6.04. The molecule has 2 heterocycles. The Labute approximate surface area is 179 Å². The predicted molar refractivity (Wildman–Crippen MR) is 123 cm³/mol. The minimum atomic E-state index is -0.293. The summed E-state index contributed by atoms with van der Waals surface area (Å²) in [5, 5.41) is 1.93. The van der Waals surface area contributed by atoms with Gasteiger partial charge in [-0.2, -0.15) is 0 Å². The molecule has 5 aromatic rings. The van der Waals surface area contributed by atoms with E-state index in [0.29, 0.717) is 17.6 Å². The second-order valence-electron chi connectivity index (χ2n) is 7.79. The number of benzene rings is 3. The molecule has 0 fully saturated rings. The van der Waals surface area contributed by atoms with Gasteiger partial charge in [0, 0.05) is 33.9 Å². The summed E-state index contributed by atoms with van der Waals surface area (Å²) in [5.74, 6) is 0.807. The molecule has 0 aliphatic rings. The van der Waals surface area contributed by atoms with E-state index in [1.54, 1.807) is 13.4 Å². The standard InChI is InChI=1S/C27H22O4/c1-16-21-14-23-24(19-9-11-20(29-3)12-10-19)15-30-25(23)17(2)26(21)31-27(28)22(16)13-18-7-5-4-6-8-18/h4-12,14-15H,13H2,1-3H3. The number of ether oxygens (including phenoxy) is 1. The summed E-state index contributed by atoms with van der Waals surface area (Å²) in [5.41, 5.74) is 6.61. The first-order valence-electron chi connectivity index (χ1n) is 10.2. The number of aryl methyl sites for hydroxylation is 2. The topological polar surface area (TPSA) is 52.6 Å². The molecular formula is C27H22O4. The Kier molecular flexibility index (Phi) is 4.63. The van der Waals surface area contributed by atoms with E-state index < -0.39 is 0 Å². The highest BCUT2D eigenvalue weighted by Crippen LogP contribution is 2.37. The lowest BCUT2D eigenvalue weighted by atomic mass is 9.96. The summed E-state index contributed by atoms with van der Waals surface area (Å²) >= 11 is 0. The fourth-order valence-corrected chi connectivity index (χ4v) is 4.19. The Bertz CT molecular complexity index is 1460. The van der Waals surface area contributed by atoms with Crippen LogP contribution in [0, 0.1) is 13.8 Å². The second kappa shape index (κ2) is 7.47.